The summed E-state index contributed by atoms with van der Waals surface area (Å²) in [6.45, 7) is 0. The molecule has 0 aliphatic heterocycles. The Kier molecular flexibility index (Phi) is 3.66. The van der Waals surface area contributed by atoms with Crippen LogP contribution in [0.4, 0.5) is 5.69 Å². The molecule has 6 heteroatoms. The van der Waals surface area contributed by atoms with E-state index in [1.807, 2.05) is 6.07 Å². The Hall–Kier alpha value is -2.17. The maximum Gasteiger partial charge on any atom is 0.255 e. The van der Waals surface area contributed by atoms with Crippen LogP contribution in [0, 0.1) is 0 Å². The second-order valence-corrected chi connectivity index (χ2v) is 7.89. The third kappa shape index (κ3) is 2.65. The van der Waals surface area contributed by atoms with Crippen LogP contribution < -0.4 is 5.32 Å². The lowest BCUT2D eigenvalue weighted by molar-refractivity contribution is 0.102. The molecule has 26 heavy (non-hydrogen) atoms. The number of aromatic nitrogens is 2. The van der Waals surface area contributed by atoms with Gasteiger partial charge in [-0.2, -0.15) is 0 Å². The molecule has 1 aromatic heterocycles. The lowest BCUT2D eigenvalue weighted by atomic mass is 10.00. The van der Waals surface area contributed by atoms with Gasteiger partial charge in [0.15, 0.2) is 0 Å². The maximum atomic E-state index is 12.6. The van der Waals surface area contributed by atoms with Crippen LogP contribution >= 0.6 is 23.2 Å². The molecule has 1 fully saturated rings. The molecule has 1 N–H and O–H groups in total. The number of carbonyl (C=O) groups is 1. The van der Waals surface area contributed by atoms with Gasteiger partial charge in [0.2, 0.25) is 0 Å². The number of hydrogen-bond acceptors (Lipinski definition) is 3. The van der Waals surface area contributed by atoms with Gasteiger partial charge >= 0.3 is 0 Å². The third-order valence-electron chi connectivity index (χ3n) is 5.31. The smallest absolute Gasteiger partial charge is 0.255 e. The Morgan fingerprint density at radius 2 is 1.58 bits per heavy atom. The number of hydrogen-bond donors (Lipinski definition) is 1. The van der Waals surface area contributed by atoms with Crippen molar-refractivity contribution >= 4 is 45.8 Å². The molecular formula is C20H15Cl2N3O. The highest BCUT2D eigenvalue weighted by molar-refractivity contribution is 6.35. The molecule has 2 atom stereocenters. The number of nitrogens with zero attached hydrogens (tertiary/aromatic N) is 2. The van der Waals surface area contributed by atoms with Crippen LogP contribution in [0.25, 0.3) is 11.0 Å². The predicted octanol–water partition coefficient (Wildman–Crippen LogP) is 5.55. The summed E-state index contributed by atoms with van der Waals surface area (Å²) in [5.41, 5.74) is 5.01. The zero-order chi connectivity index (χ0) is 17.8. The van der Waals surface area contributed by atoms with Crippen LogP contribution in [0.5, 0.6) is 0 Å². The monoisotopic (exact) mass is 383 g/mol. The number of rotatable bonds is 2. The Morgan fingerprint density at radius 1 is 0.923 bits per heavy atom. The molecule has 2 aliphatic carbocycles. The van der Waals surface area contributed by atoms with Crippen molar-refractivity contribution in [2.24, 2.45) is 0 Å². The van der Waals surface area contributed by atoms with Crippen molar-refractivity contribution in [2.45, 2.75) is 31.1 Å². The van der Waals surface area contributed by atoms with Gasteiger partial charge < -0.3 is 5.32 Å². The highest BCUT2D eigenvalue weighted by atomic mass is 35.5. The van der Waals surface area contributed by atoms with E-state index >= 15 is 0 Å². The van der Waals surface area contributed by atoms with Gasteiger partial charge in [0.25, 0.3) is 5.91 Å². The van der Waals surface area contributed by atoms with E-state index in [1.165, 1.54) is 25.0 Å². The number of halogens is 2. The Labute approximate surface area is 160 Å². The molecule has 130 valence electrons. The zero-order valence-electron chi connectivity index (χ0n) is 13.8. The van der Waals surface area contributed by atoms with E-state index < -0.39 is 0 Å². The standard InChI is InChI=1S/C20H15Cl2N3O/c21-13-7-14(22)9-15(8-13)23-20(26)12-3-4-16-17(6-12)25-19-11-2-1-10(5-11)18(19)24-16/h3-4,6-11H,1-2,5H2,(H,23,26). The largest absolute Gasteiger partial charge is 0.322 e. The minimum absolute atomic E-state index is 0.228. The lowest BCUT2D eigenvalue weighted by Crippen LogP contribution is -2.12. The number of nitrogens with one attached hydrogen (secondary N) is 1. The SMILES string of the molecule is O=C(Nc1cc(Cl)cc(Cl)c1)c1ccc2nc3c(nc2c1)C1CCC3C1. The fourth-order valence-electron chi connectivity index (χ4n) is 4.13. The third-order valence-corrected chi connectivity index (χ3v) is 5.74. The summed E-state index contributed by atoms with van der Waals surface area (Å²) in [4.78, 5) is 22.2. The fourth-order valence-corrected chi connectivity index (χ4v) is 4.66. The summed E-state index contributed by atoms with van der Waals surface area (Å²) in [5, 5.41) is 3.78. The average molecular weight is 384 g/mol. The van der Waals surface area contributed by atoms with Crippen molar-refractivity contribution in [3.63, 3.8) is 0 Å². The topological polar surface area (TPSA) is 54.9 Å². The zero-order valence-corrected chi connectivity index (χ0v) is 15.3. The maximum absolute atomic E-state index is 12.6. The normalized spacial score (nSPS) is 20.4. The number of carbonyl (C=O) groups excluding carboxylic acids is 1. The number of fused-ring (bicyclic) bond motifs is 6. The minimum Gasteiger partial charge on any atom is -0.322 e. The van der Waals surface area contributed by atoms with E-state index in [1.54, 1.807) is 30.3 Å². The van der Waals surface area contributed by atoms with Crippen LogP contribution in [-0.2, 0) is 0 Å². The van der Waals surface area contributed by atoms with Crippen LogP contribution in [-0.4, -0.2) is 15.9 Å². The van der Waals surface area contributed by atoms with E-state index in [9.17, 15) is 4.79 Å². The second-order valence-electron chi connectivity index (χ2n) is 7.02. The van der Waals surface area contributed by atoms with Crippen LogP contribution in [0.3, 0.4) is 0 Å². The van der Waals surface area contributed by atoms with Gasteiger partial charge in [0.05, 0.1) is 22.4 Å². The van der Waals surface area contributed by atoms with Crippen molar-refractivity contribution in [3.05, 3.63) is 63.4 Å². The Bertz CT molecular complexity index is 1050. The van der Waals surface area contributed by atoms with E-state index in [4.69, 9.17) is 33.2 Å². The van der Waals surface area contributed by atoms with Gasteiger partial charge in [-0.15, -0.1) is 0 Å². The molecule has 2 aromatic carbocycles. The van der Waals surface area contributed by atoms with Gasteiger partial charge in [-0.05, 0) is 55.7 Å². The first-order chi connectivity index (χ1) is 12.6. The molecule has 2 bridgehead atoms. The van der Waals surface area contributed by atoms with E-state index in [2.05, 4.69) is 5.32 Å². The molecule has 0 saturated heterocycles. The van der Waals surface area contributed by atoms with Gasteiger partial charge in [-0.3, -0.25) is 4.79 Å². The Balaban J connectivity index is 1.48. The minimum atomic E-state index is -0.228. The van der Waals surface area contributed by atoms with Gasteiger partial charge in [0, 0.05) is 33.1 Å². The van der Waals surface area contributed by atoms with Gasteiger partial charge in [-0.1, -0.05) is 23.2 Å². The molecule has 2 aliphatic rings. The number of benzene rings is 2. The van der Waals surface area contributed by atoms with Crippen LogP contribution in [0.1, 0.15) is 52.8 Å². The van der Waals surface area contributed by atoms with Crippen LogP contribution in [0.15, 0.2) is 36.4 Å². The molecule has 1 amide bonds. The molecule has 2 unspecified atom stereocenters. The number of anilines is 1. The van der Waals surface area contributed by atoms with Gasteiger partial charge in [0.1, 0.15) is 0 Å². The summed E-state index contributed by atoms with van der Waals surface area (Å²) < 4.78 is 0. The molecule has 0 spiro atoms. The van der Waals surface area contributed by atoms with Crippen LogP contribution in [0.2, 0.25) is 10.0 Å². The summed E-state index contributed by atoms with van der Waals surface area (Å²) in [5.74, 6) is 0.884. The van der Waals surface area contributed by atoms with Crippen molar-refractivity contribution < 1.29 is 4.79 Å². The molecule has 0 radical (unpaired) electrons. The average Bonchev–Trinajstić information content (AvgIpc) is 3.20. The second kappa shape index (κ2) is 5.93. The summed E-state index contributed by atoms with van der Waals surface area (Å²) in [6, 6.07) is 10.4. The highest BCUT2D eigenvalue weighted by Crippen LogP contribution is 2.51. The first kappa shape index (κ1) is 16.0. The molecule has 1 saturated carbocycles. The van der Waals surface area contributed by atoms with Crippen molar-refractivity contribution in [3.8, 4) is 0 Å². The van der Waals surface area contributed by atoms with E-state index in [0.717, 1.165) is 16.7 Å². The van der Waals surface area contributed by atoms with Crippen molar-refractivity contribution in [1.29, 1.82) is 0 Å². The van der Waals surface area contributed by atoms with Gasteiger partial charge in [-0.25, -0.2) is 9.97 Å². The fraction of sp³-hybridized carbons (Fsp3) is 0.250. The lowest BCUT2D eigenvalue weighted by Gasteiger charge is -2.14. The molecule has 1 heterocycles. The summed E-state index contributed by atoms with van der Waals surface area (Å²) in [7, 11) is 0. The van der Waals surface area contributed by atoms with Crippen molar-refractivity contribution in [2.75, 3.05) is 5.32 Å². The summed E-state index contributed by atoms with van der Waals surface area (Å²) >= 11 is 12.0. The molecular weight excluding hydrogens is 369 g/mol. The Morgan fingerprint density at radius 3 is 2.27 bits per heavy atom. The van der Waals surface area contributed by atoms with E-state index in [-0.39, 0.29) is 5.91 Å². The first-order valence-electron chi connectivity index (χ1n) is 8.66. The molecule has 3 aromatic rings. The predicted molar refractivity (Wildman–Crippen MR) is 103 cm³/mol. The summed E-state index contributed by atoms with van der Waals surface area (Å²) in [6.07, 6.45) is 3.60. The number of amides is 1. The quantitative estimate of drug-likeness (QED) is 0.630. The van der Waals surface area contributed by atoms with E-state index in [0.29, 0.717) is 33.1 Å². The molecule has 5 rings (SSSR count). The first-order valence-corrected chi connectivity index (χ1v) is 9.41. The van der Waals surface area contributed by atoms with Crippen molar-refractivity contribution in [1.82, 2.24) is 9.97 Å². The molecule has 4 nitrogen and oxygen atoms in total. The highest BCUT2D eigenvalue weighted by Gasteiger charge is 2.39.